The molecule has 0 aromatic heterocycles. The maximum atomic E-state index is 11.8. The van der Waals surface area contributed by atoms with E-state index in [-0.39, 0.29) is 17.6 Å². The number of carbonyl (C=O) groups is 1. The highest BCUT2D eigenvalue weighted by Gasteiger charge is 2.55. The van der Waals surface area contributed by atoms with E-state index >= 15 is 0 Å². The van der Waals surface area contributed by atoms with Crippen molar-refractivity contribution in [2.75, 3.05) is 13.1 Å². The van der Waals surface area contributed by atoms with E-state index < -0.39 is 5.60 Å². The van der Waals surface area contributed by atoms with E-state index in [1.54, 1.807) is 4.90 Å². The number of rotatable bonds is 0. The minimum absolute atomic E-state index is 0.144. The van der Waals surface area contributed by atoms with E-state index in [9.17, 15) is 4.79 Å². The third-order valence-corrected chi connectivity index (χ3v) is 3.25. The van der Waals surface area contributed by atoms with Gasteiger partial charge >= 0.3 is 6.09 Å². The molecule has 0 aromatic rings. The molecule has 1 saturated heterocycles. The Morgan fingerprint density at radius 1 is 1.47 bits per heavy atom. The first-order chi connectivity index (χ1) is 6.82. The molecule has 1 amide bonds. The van der Waals surface area contributed by atoms with E-state index in [2.05, 4.69) is 0 Å². The first-order valence-corrected chi connectivity index (χ1v) is 5.56. The molecule has 4 nitrogen and oxygen atoms in total. The molecule has 1 saturated carbocycles. The lowest BCUT2D eigenvalue weighted by atomic mass is 10.0. The van der Waals surface area contributed by atoms with E-state index in [0.29, 0.717) is 6.54 Å². The molecule has 2 rings (SSSR count). The predicted molar refractivity (Wildman–Crippen MR) is 57.4 cm³/mol. The van der Waals surface area contributed by atoms with Crippen LogP contribution in [0, 0.1) is 5.41 Å². The van der Waals surface area contributed by atoms with E-state index in [1.807, 2.05) is 20.8 Å². The molecule has 1 spiro atoms. The molecular formula is C11H20N2O2. The standard InChI is InChI=1S/C11H20N2O2/c1-10(2,3)15-9(14)13-6-8(12)11(7-13)4-5-11/h8H,4-7,12H2,1-3H3/t8-/m0/s1. The second kappa shape index (κ2) is 3.11. The summed E-state index contributed by atoms with van der Waals surface area (Å²) in [7, 11) is 0. The number of hydrogen-bond donors (Lipinski definition) is 1. The lowest BCUT2D eigenvalue weighted by Gasteiger charge is -2.24. The Labute approximate surface area is 90.8 Å². The summed E-state index contributed by atoms with van der Waals surface area (Å²) in [6, 6.07) is 0.144. The number of carbonyl (C=O) groups excluding carboxylic acids is 1. The number of ether oxygens (including phenoxy) is 1. The van der Waals surface area contributed by atoms with Crippen molar-refractivity contribution in [3.05, 3.63) is 0 Å². The average molecular weight is 212 g/mol. The Bertz CT molecular complexity index is 279. The number of amides is 1. The molecule has 0 bridgehead atoms. The summed E-state index contributed by atoms with van der Waals surface area (Å²) in [5.41, 5.74) is 5.83. The van der Waals surface area contributed by atoms with Crippen molar-refractivity contribution in [3.63, 3.8) is 0 Å². The first-order valence-electron chi connectivity index (χ1n) is 5.56. The van der Waals surface area contributed by atoms with Gasteiger partial charge in [0.25, 0.3) is 0 Å². The molecule has 2 fully saturated rings. The van der Waals surface area contributed by atoms with Crippen LogP contribution in [0.1, 0.15) is 33.6 Å². The smallest absolute Gasteiger partial charge is 0.410 e. The van der Waals surface area contributed by atoms with Gasteiger partial charge in [0.15, 0.2) is 0 Å². The number of nitrogens with zero attached hydrogens (tertiary/aromatic N) is 1. The summed E-state index contributed by atoms with van der Waals surface area (Å²) in [5, 5.41) is 0. The SMILES string of the molecule is CC(C)(C)OC(=O)N1C[C@H](N)C2(CC2)C1. The van der Waals surface area contributed by atoms with Crippen LogP contribution in [-0.4, -0.2) is 35.7 Å². The van der Waals surface area contributed by atoms with Gasteiger partial charge in [0, 0.05) is 24.5 Å². The van der Waals surface area contributed by atoms with E-state index in [0.717, 1.165) is 19.4 Å². The third-order valence-electron chi connectivity index (χ3n) is 3.25. The summed E-state index contributed by atoms with van der Waals surface area (Å²) in [6.07, 6.45) is 2.10. The fourth-order valence-corrected chi connectivity index (χ4v) is 2.15. The molecule has 1 atom stereocenters. The van der Waals surface area contributed by atoms with Crippen LogP contribution in [0.4, 0.5) is 4.79 Å². The lowest BCUT2D eigenvalue weighted by Crippen LogP contribution is -2.36. The van der Waals surface area contributed by atoms with Gasteiger partial charge in [-0.15, -0.1) is 0 Å². The summed E-state index contributed by atoms with van der Waals surface area (Å²) >= 11 is 0. The van der Waals surface area contributed by atoms with Crippen molar-refractivity contribution >= 4 is 6.09 Å². The van der Waals surface area contributed by atoms with Crippen molar-refractivity contribution in [2.24, 2.45) is 11.1 Å². The van der Waals surface area contributed by atoms with Crippen LogP contribution in [-0.2, 0) is 4.74 Å². The molecule has 1 aliphatic heterocycles. The molecule has 4 heteroatoms. The fraction of sp³-hybridized carbons (Fsp3) is 0.909. The van der Waals surface area contributed by atoms with Crippen molar-refractivity contribution in [3.8, 4) is 0 Å². The van der Waals surface area contributed by atoms with Gasteiger partial charge in [-0.3, -0.25) is 0 Å². The minimum Gasteiger partial charge on any atom is -0.444 e. The Morgan fingerprint density at radius 3 is 2.47 bits per heavy atom. The van der Waals surface area contributed by atoms with Gasteiger partial charge in [-0.05, 0) is 33.6 Å². The van der Waals surface area contributed by atoms with Gasteiger partial charge in [0.05, 0.1) is 0 Å². The number of nitrogens with two attached hydrogens (primary N) is 1. The zero-order valence-electron chi connectivity index (χ0n) is 9.75. The zero-order valence-corrected chi connectivity index (χ0v) is 9.75. The van der Waals surface area contributed by atoms with Crippen LogP contribution in [0.15, 0.2) is 0 Å². The largest absolute Gasteiger partial charge is 0.444 e. The van der Waals surface area contributed by atoms with E-state index in [1.165, 1.54) is 0 Å². The molecule has 1 aliphatic carbocycles. The lowest BCUT2D eigenvalue weighted by molar-refractivity contribution is 0.0284. The van der Waals surface area contributed by atoms with Crippen LogP contribution in [0.2, 0.25) is 0 Å². The van der Waals surface area contributed by atoms with Gasteiger partial charge in [0.2, 0.25) is 0 Å². The van der Waals surface area contributed by atoms with Crippen LogP contribution < -0.4 is 5.73 Å². The van der Waals surface area contributed by atoms with Gasteiger partial charge in [-0.2, -0.15) is 0 Å². The zero-order chi connectivity index (χ0) is 11.3. The van der Waals surface area contributed by atoms with Crippen molar-refractivity contribution in [1.29, 1.82) is 0 Å². The number of hydrogen-bond acceptors (Lipinski definition) is 3. The maximum Gasteiger partial charge on any atom is 0.410 e. The fourth-order valence-electron chi connectivity index (χ4n) is 2.15. The first kappa shape index (κ1) is 10.7. The third kappa shape index (κ3) is 2.09. The van der Waals surface area contributed by atoms with E-state index in [4.69, 9.17) is 10.5 Å². The highest BCUT2D eigenvalue weighted by Crippen LogP contribution is 2.52. The Balaban J connectivity index is 1.93. The highest BCUT2D eigenvalue weighted by molar-refractivity contribution is 5.69. The van der Waals surface area contributed by atoms with Crippen molar-refractivity contribution in [1.82, 2.24) is 4.90 Å². The Morgan fingerprint density at radius 2 is 2.07 bits per heavy atom. The Kier molecular flexibility index (Phi) is 2.23. The summed E-state index contributed by atoms with van der Waals surface area (Å²) < 4.78 is 5.32. The van der Waals surface area contributed by atoms with Crippen LogP contribution in [0.5, 0.6) is 0 Å². The summed E-state index contributed by atoms with van der Waals surface area (Å²) in [6.45, 7) is 7.08. The monoisotopic (exact) mass is 212 g/mol. The molecule has 2 aliphatic rings. The molecular weight excluding hydrogens is 192 g/mol. The molecule has 2 N–H and O–H groups in total. The average Bonchev–Trinajstić information content (AvgIpc) is 2.73. The van der Waals surface area contributed by atoms with Gasteiger partial charge < -0.3 is 15.4 Å². The summed E-state index contributed by atoms with van der Waals surface area (Å²) in [5.74, 6) is 0. The normalized spacial score (nSPS) is 28.3. The van der Waals surface area contributed by atoms with Gasteiger partial charge in [-0.25, -0.2) is 4.79 Å². The molecule has 1 heterocycles. The Hall–Kier alpha value is -0.770. The van der Waals surface area contributed by atoms with Crippen molar-refractivity contribution in [2.45, 2.75) is 45.3 Å². The second-order valence-corrected chi connectivity index (χ2v) is 5.83. The second-order valence-electron chi connectivity index (χ2n) is 5.83. The van der Waals surface area contributed by atoms with Crippen LogP contribution >= 0.6 is 0 Å². The van der Waals surface area contributed by atoms with Crippen LogP contribution in [0.25, 0.3) is 0 Å². The molecule has 0 unspecified atom stereocenters. The number of likely N-dealkylation sites (tertiary alicyclic amines) is 1. The molecule has 15 heavy (non-hydrogen) atoms. The van der Waals surface area contributed by atoms with Gasteiger partial charge in [-0.1, -0.05) is 0 Å². The van der Waals surface area contributed by atoms with Gasteiger partial charge in [0.1, 0.15) is 5.60 Å². The minimum atomic E-state index is -0.416. The topological polar surface area (TPSA) is 55.6 Å². The molecule has 0 radical (unpaired) electrons. The summed E-state index contributed by atoms with van der Waals surface area (Å²) in [4.78, 5) is 13.5. The predicted octanol–water partition coefficient (Wildman–Crippen LogP) is 1.34. The maximum absolute atomic E-state index is 11.8. The highest BCUT2D eigenvalue weighted by atomic mass is 16.6. The molecule has 0 aromatic carbocycles. The van der Waals surface area contributed by atoms with Crippen LogP contribution in [0.3, 0.4) is 0 Å². The molecule has 86 valence electrons. The quantitative estimate of drug-likeness (QED) is 0.659. The van der Waals surface area contributed by atoms with Crippen molar-refractivity contribution < 1.29 is 9.53 Å².